The Bertz CT molecular complexity index is 841. The monoisotopic (exact) mass is 382 g/mol. The second-order valence-corrected chi connectivity index (χ2v) is 7.74. The van der Waals surface area contributed by atoms with Gasteiger partial charge in [0.05, 0.1) is 25.6 Å². The Kier molecular flexibility index (Phi) is 5.45. The van der Waals surface area contributed by atoms with Crippen molar-refractivity contribution in [1.82, 2.24) is 0 Å². The van der Waals surface area contributed by atoms with Crippen LogP contribution in [0.15, 0.2) is 54.6 Å². The summed E-state index contributed by atoms with van der Waals surface area (Å²) < 4.78 is 15.8. The van der Waals surface area contributed by atoms with E-state index in [4.69, 9.17) is 14.2 Å². The van der Waals surface area contributed by atoms with E-state index in [9.17, 15) is 9.59 Å². The standard InChI is InChI=1S/C23H26O5/c1-22(2)19(20(24)26-3)23(22,21(25)27-4)14-16-10-12-18(13-11-16)28-15-17-8-6-5-7-9-17/h5-13,19H,14-15H2,1-4H3. The molecule has 1 saturated carbocycles. The molecule has 0 aromatic heterocycles. The summed E-state index contributed by atoms with van der Waals surface area (Å²) in [5, 5.41) is 0. The van der Waals surface area contributed by atoms with Crippen molar-refractivity contribution in [2.45, 2.75) is 26.9 Å². The molecule has 2 unspecified atom stereocenters. The summed E-state index contributed by atoms with van der Waals surface area (Å²) >= 11 is 0. The lowest BCUT2D eigenvalue weighted by atomic mass is 9.88. The molecule has 5 heteroatoms. The highest BCUT2D eigenvalue weighted by atomic mass is 16.5. The summed E-state index contributed by atoms with van der Waals surface area (Å²) in [5.74, 6) is -0.527. The van der Waals surface area contributed by atoms with Gasteiger partial charge in [0.25, 0.3) is 0 Å². The molecule has 2 aromatic rings. The van der Waals surface area contributed by atoms with Gasteiger partial charge >= 0.3 is 11.9 Å². The molecule has 1 fully saturated rings. The van der Waals surface area contributed by atoms with E-state index in [-0.39, 0.29) is 11.9 Å². The van der Waals surface area contributed by atoms with Gasteiger partial charge in [0.2, 0.25) is 0 Å². The van der Waals surface area contributed by atoms with E-state index in [0.717, 1.165) is 16.9 Å². The van der Waals surface area contributed by atoms with E-state index < -0.39 is 16.7 Å². The van der Waals surface area contributed by atoms with Crippen molar-refractivity contribution >= 4 is 11.9 Å². The zero-order valence-electron chi connectivity index (χ0n) is 16.7. The maximum Gasteiger partial charge on any atom is 0.313 e. The number of rotatable bonds is 7. The Morgan fingerprint density at radius 3 is 2.11 bits per heavy atom. The zero-order chi connectivity index (χ0) is 20.4. The molecule has 2 aromatic carbocycles. The van der Waals surface area contributed by atoms with Crippen LogP contribution in [-0.4, -0.2) is 26.2 Å². The number of ether oxygens (including phenoxy) is 3. The molecule has 0 spiro atoms. The fourth-order valence-electron chi connectivity index (χ4n) is 4.20. The minimum absolute atomic E-state index is 0.377. The van der Waals surface area contributed by atoms with E-state index in [1.54, 1.807) is 0 Å². The van der Waals surface area contributed by atoms with Gasteiger partial charge in [-0.3, -0.25) is 9.59 Å². The molecule has 0 N–H and O–H groups in total. The van der Waals surface area contributed by atoms with Crippen LogP contribution in [0.1, 0.15) is 25.0 Å². The van der Waals surface area contributed by atoms with E-state index in [0.29, 0.717) is 13.0 Å². The van der Waals surface area contributed by atoms with Crippen molar-refractivity contribution in [2.24, 2.45) is 16.7 Å². The molecule has 0 heterocycles. The number of benzene rings is 2. The predicted molar refractivity (Wildman–Crippen MR) is 105 cm³/mol. The lowest BCUT2D eigenvalue weighted by Crippen LogP contribution is -2.27. The molecular weight excluding hydrogens is 356 g/mol. The van der Waals surface area contributed by atoms with Crippen molar-refractivity contribution in [2.75, 3.05) is 14.2 Å². The third-order valence-electron chi connectivity index (χ3n) is 5.92. The fraction of sp³-hybridized carbons (Fsp3) is 0.391. The number of hydrogen-bond donors (Lipinski definition) is 0. The molecule has 0 amide bonds. The summed E-state index contributed by atoms with van der Waals surface area (Å²) in [6.07, 6.45) is 0.408. The second-order valence-electron chi connectivity index (χ2n) is 7.74. The van der Waals surface area contributed by atoms with Crippen LogP contribution in [0.25, 0.3) is 0 Å². The smallest absolute Gasteiger partial charge is 0.313 e. The van der Waals surface area contributed by atoms with Crippen molar-refractivity contribution in [1.29, 1.82) is 0 Å². The summed E-state index contributed by atoms with van der Waals surface area (Å²) in [5.41, 5.74) is 0.588. The van der Waals surface area contributed by atoms with Crippen LogP contribution >= 0.6 is 0 Å². The zero-order valence-corrected chi connectivity index (χ0v) is 16.7. The van der Waals surface area contributed by atoms with Gasteiger partial charge in [-0.1, -0.05) is 56.3 Å². The topological polar surface area (TPSA) is 61.8 Å². The van der Waals surface area contributed by atoms with Gasteiger partial charge in [0, 0.05) is 0 Å². The molecule has 1 aliphatic carbocycles. The Morgan fingerprint density at radius 2 is 1.54 bits per heavy atom. The van der Waals surface area contributed by atoms with Gasteiger partial charge in [-0.15, -0.1) is 0 Å². The number of methoxy groups -OCH3 is 2. The summed E-state index contributed by atoms with van der Waals surface area (Å²) in [7, 11) is 2.70. The molecule has 0 radical (unpaired) electrons. The Labute approximate surface area is 165 Å². The third kappa shape index (κ3) is 3.37. The largest absolute Gasteiger partial charge is 0.489 e. The first-order valence-electron chi connectivity index (χ1n) is 9.28. The van der Waals surface area contributed by atoms with E-state index in [1.807, 2.05) is 68.4 Å². The number of hydrogen-bond acceptors (Lipinski definition) is 5. The molecular formula is C23H26O5. The Morgan fingerprint density at radius 1 is 0.893 bits per heavy atom. The van der Waals surface area contributed by atoms with Crippen LogP contribution < -0.4 is 4.74 Å². The van der Waals surface area contributed by atoms with Gasteiger partial charge < -0.3 is 14.2 Å². The predicted octanol–water partition coefficient (Wildman–Crippen LogP) is 3.80. The minimum atomic E-state index is -0.915. The molecule has 148 valence electrons. The van der Waals surface area contributed by atoms with Gasteiger partial charge in [0.1, 0.15) is 12.4 Å². The van der Waals surface area contributed by atoms with E-state index in [2.05, 4.69) is 0 Å². The van der Waals surface area contributed by atoms with Crippen molar-refractivity contribution in [3.8, 4) is 5.75 Å². The summed E-state index contributed by atoms with van der Waals surface area (Å²) in [6.45, 7) is 4.30. The molecule has 5 nitrogen and oxygen atoms in total. The normalized spacial score (nSPS) is 22.2. The maximum absolute atomic E-state index is 12.6. The van der Waals surface area contributed by atoms with Crippen LogP contribution in [-0.2, 0) is 32.1 Å². The fourth-order valence-corrected chi connectivity index (χ4v) is 4.20. The van der Waals surface area contributed by atoms with E-state index >= 15 is 0 Å². The van der Waals surface area contributed by atoms with Gasteiger partial charge in [-0.05, 0) is 35.1 Å². The number of esters is 2. The molecule has 1 aliphatic rings. The number of carbonyl (C=O) groups is 2. The van der Waals surface area contributed by atoms with E-state index in [1.165, 1.54) is 14.2 Å². The molecule has 0 saturated heterocycles. The highest BCUT2D eigenvalue weighted by Gasteiger charge is 2.79. The highest BCUT2D eigenvalue weighted by molar-refractivity contribution is 5.93. The highest BCUT2D eigenvalue weighted by Crippen LogP contribution is 2.71. The van der Waals surface area contributed by atoms with Gasteiger partial charge in [0.15, 0.2) is 0 Å². The molecule has 0 aliphatic heterocycles. The molecule has 3 rings (SSSR count). The SMILES string of the molecule is COC(=O)C1C(C)(C)C1(Cc1ccc(OCc2ccccc2)cc1)C(=O)OC. The second kappa shape index (κ2) is 7.66. The van der Waals surface area contributed by atoms with Gasteiger partial charge in [-0.2, -0.15) is 0 Å². The van der Waals surface area contributed by atoms with Crippen LogP contribution in [0.4, 0.5) is 0 Å². The van der Waals surface area contributed by atoms with Crippen LogP contribution in [0.2, 0.25) is 0 Å². The minimum Gasteiger partial charge on any atom is -0.489 e. The molecule has 28 heavy (non-hydrogen) atoms. The quantitative estimate of drug-likeness (QED) is 0.682. The first kappa shape index (κ1) is 19.9. The Balaban J connectivity index is 1.74. The Hall–Kier alpha value is -2.82. The molecule has 2 atom stereocenters. The summed E-state index contributed by atoms with van der Waals surface area (Å²) in [4.78, 5) is 24.9. The first-order chi connectivity index (χ1) is 13.4. The van der Waals surface area contributed by atoms with Crippen molar-refractivity contribution in [3.05, 3.63) is 65.7 Å². The first-order valence-corrected chi connectivity index (χ1v) is 9.28. The average molecular weight is 382 g/mol. The average Bonchev–Trinajstić information content (AvgIpc) is 3.22. The maximum atomic E-state index is 12.6. The van der Waals surface area contributed by atoms with Crippen molar-refractivity contribution in [3.63, 3.8) is 0 Å². The van der Waals surface area contributed by atoms with Crippen LogP contribution in [0.5, 0.6) is 5.75 Å². The summed E-state index contributed by atoms with van der Waals surface area (Å²) in [6, 6.07) is 17.6. The number of carbonyl (C=O) groups excluding carboxylic acids is 2. The lowest BCUT2D eigenvalue weighted by Gasteiger charge is -2.18. The molecule has 0 bridgehead atoms. The van der Waals surface area contributed by atoms with Crippen LogP contribution in [0.3, 0.4) is 0 Å². The van der Waals surface area contributed by atoms with Crippen molar-refractivity contribution < 1.29 is 23.8 Å². The van der Waals surface area contributed by atoms with Gasteiger partial charge in [-0.25, -0.2) is 0 Å². The lowest BCUT2D eigenvalue weighted by molar-refractivity contribution is -0.153. The van der Waals surface area contributed by atoms with Crippen LogP contribution in [0, 0.1) is 16.7 Å². The third-order valence-corrected chi connectivity index (χ3v) is 5.92.